The predicted octanol–water partition coefficient (Wildman–Crippen LogP) is 2.77. The number of carbonyl (C=O) groups excluding carboxylic acids is 1. The Bertz CT molecular complexity index is 340. The van der Waals surface area contributed by atoms with E-state index in [2.05, 4.69) is 0 Å². The second-order valence-corrected chi connectivity index (χ2v) is 7.05. The van der Waals surface area contributed by atoms with Crippen LogP contribution in [0.5, 0.6) is 0 Å². The lowest BCUT2D eigenvalue weighted by molar-refractivity contribution is -0.142. The third kappa shape index (κ3) is 4.40. The first-order chi connectivity index (χ1) is 9.68. The van der Waals surface area contributed by atoms with E-state index in [1.165, 1.54) is 19.3 Å². The Morgan fingerprint density at radius 1 is 1.10 bits per heavy atom. The van der Waals surface area contributed by atoms with Crippen molar-refractivity contribution in [3.63, 3.8) is 0 Å². The van der Waals surface area contributed by atoms with Gasteiger partial charge in [-0.1, -0.05) is 32.1 Å². The molecule has 1 saturated carbocycles. The number of amides is 1. The van der Waals surface area contributed by atoms with Crippen LogP contribution in [-0.2, 0) is 9.59 Å². The average molecular weight is 299 g/mol. The summed E-state index contributed by atoms with van der Waals surface area (Å²) in [6, 6.07) is -0.107. The maximum Gasteiger partial charge on any atom is 0.305 e. The monoisotopic (exact) mass is 299 g/mol. The Hall–Kier alpha value is -0.710. The molecule has 0 aromatic heterocycles. The first-order valence-electron chi connectivity index (χ1n) is 7.78. The smallest absolute Gasteiger partial charge is 0.305 e. The van der Waals surface area contributed by atoms with Crippen LogP contribution in [-0.4, -0.2) is 46.0 Å². The van der Waals surface area contributed by atoms with Gasteiger partial charge in [0.25, 0.3) is 0 Å². The highest BCUT2D eigenvalue weighted by Gasteiger charge is 2.32. The van der Waals surface area contributed by atoms with Crippen LogP contribution in [0.1, 0.15) is 51.4 Å². The van der Waals surface area contributed by atoms with Crippen LogP contribution in [0.3, 0.4) is 0 Å². The molecule has 1 aliphatic carbocycles. The second-order valence-electron chi connectivity index (χ2n) is 5.90. The standard InChI is InChI=1S/C15H25NO3S/c17-14(18)10-13-11-20-9-8-16(13)15(19)12-6-4-2-1-3-5-7-12/h12-13H,1-11H2,(H,17,18). The maximum absolute atomic E-state index is 12.7. The van der Waals surface area contributed by atoms with Crippen molar-refractivity contribution in [2.75, 3.05) is 18.1 Å². The molecule has 5 heteroatoms. The minimum atomic E-state index is -0.798. The van der Waals surface area contributed by atoms with Gasteiger partial charge in [-0.05, 0) is 12.8 Å². The molecule has 20 heavy (non-hydrogen) atoms. The van der Waals surface area contributed by atoms with Crippen LogP contribution >= 0.6 is 11.8 Å². The Morgan fingerprint density at radius 2 is 1.75 bits per heavy atom. The summed E-state index contributed by atoms with van der Waals surface area (Å²) >= 11 is 1.76. The van der Waals surface area contributed by atoms with Crippen molar-refractivity contribution in [2.45, 2.75) is 57.4 Å². The number of hydrogen-bond donors (Lipinski definition) is 1. The van der Waals surface area contributed by atoms with Crippen molar-refractivity contribution in [1.82, 2.24) is 4.90 Å². The first-order valence-corrected chi connectivity index (χ1v) is 8.94. The molecule has 4 nitrogen and oxygen atoms in total. The summed E-state index contributed by atoms with van der Waals surface area (Å²) in [6.07, 6.45) is 8.11. The molecule has 1 amide bonds. The fourth-order valence-electron chi connectivity index (χ4n) is 3.25. The number of rotatable bonds is 3. The van der Waals surface area contributed by atoms with Crippen LogP contribution in [0, 0.1) is 5.92 Å². The first kappa shape index (κ1) is 15.7. The summed E-state index contributed by atoms with van der Waals surface area (Å²) in [5, 5.41) is 9.01. The van der Waals surface area contributed by atoms with E-state index in [4.69, 9.17) is 5.11 Å². The van der Waals surface area contributed by atoms with Gasteiger partial charge in [-0.25, -0.2) is 0 Å². The number of carboxylic acid groups (broad SMARTS) is 1. The summed E-state index contributed by atoms with van der Waals surface area (Å²) in [7, 11) is 0. The molecule has 1 heterocycles. The highest BCUT2D eigenvalue weighted by molar-refractivity contribution is 7.99. The summed E-state index contributed by atoms with van der Waals surface area (Å²) in [5.74, 6) is 1.26. The lowest BCUT2D eigenvalue weighted by Gasteiger charge is -2.37. The van der Waals surface area contributed by atoms with Crippen molar-refractivity contribution in [2.24, 2.45) is 5.92 Å². The van der Waals surface area contributed by atoms with Crippen molar-refractivity contribution in [3.05, 3.63) is 0 Å². The van der Waals surface area contributed by atoms with E-state index in [0.717, 1.165) is 43.7 Å². The third-order valence-electron chi connectivity index (χ3n) is 4.38. The second kappa shape index (κ2) is 7.91. The van der Waals surface area contributed by atoms with Crippen LogP contribution in [0.15, 0.2) is 0 Å². The predicted molar refractivity (Wildman–Crippen MR) is 80.9 cm³/mol. The molecule has 1 unspecified atom stereocenters. The zero-order valence-electron chi connectivity index (χ0n) is 12.1. The van der Waals surface area contributed by atoms with Crippen LogP contribution in [0.25, 0.3) is 0 Å². The summed E-state index contributed by atoms with van der Waals surface area (Å²) < 4.78 is 0. The normalized spacial score (nSPS) is 25.8. The highest BCUT2D eigenvalue weighted by atomic mass is 32.2. The summed E-state index contributed by atoms with van der Waals surface area (Å²) in [5.41, 5.74) is 0. The molecule has 1 aliphatic heterocycles. The van der Waals surface area contributed by atoms with Crippen LogP contribution < -0.4 is 0 Å². The molecule has 2 aliphatic rings. The fraction of sp³-hybridized carbons (Fsp3) is 0.867. The SMILES string of the molecule is O=C(O)CC1CSCCN1C(=O)C1CCCCCCC1. The van der Waals surface area contributed by atoms with Gasteiger partial charge in [-0.3, -0.25) is 9.59 Å². The quantitative estimate of drug-likeness (QED) is 0.870. The molecule has 1 N–H and O–H groups in total. The number of hydrogen-bond acceptors (Lipinski definition) is 3. The van der Waals surface area contributed by atoms with Crippen LogP contribution in [0.4, 0.5) is 0 Å². The molecule has 1 saturated heterocycles. The Labute approximate surface area is 125 Å². The zero-order valence-corrected chi connectivity index (χ0v) is 12.9. The number of carboxylic acids is 1. The van der Waals surface area contributed by atoms with E-state index in [1.807, 2.05) is 4.90 Å². The number of thioether (sulfide) groups is 1. The third-order valence-corrected chi connectivity index (χ3v) is 5.47. The van der Waals surface area contributed by atoms with Gasteiger partial charge in [0, 0.05) is 24.0 Å². The van der Waals surface area contributed by atoms with Gasteiger partial charge in [-0.2, -0.15) is 11.8 Å². The maximum atomic E-state index is 12.7. The van der Waals surface area contributed by atoms with Gasteiger partial charge in [0.2, 0.25) is 5.91 Å². The van der Waals surface area contributed by atoms with Crippen LogP contribution in [0.2, 0.25) is 0 Å². The molecule has 0 aromatic carbocycles. The Morgan fingerprint density at radius 3 is 2.40 bits per heavy atom. The lowest BCUT2D eigenvalue weighted by atomic mass is 9.89. The molecular weight excluding hydrogens is 274 g/mol. The van der Waals surface area contributed by atoms with E-state index in [0.29, 0.717) is 0 Å². The van der Waals surface area contributed by atoms with Gasteiger partial charge < -0.3 is 10.0 Å². The van der Waals surface area contributed by atoms with E-state index in [1.54, 1.807) is 11.8 Å². The van der Waals surface area contributed by atoms with Gasteiger partial charge in [0.1, 0.15) is 0 Å². The number of nitrogens with zero attached hydrogens (tertiary/aromatic N) is 1. The molecule has 0 spiro atoms. The van der Waals surface area contributed by atoms with Gasteiger partial charge in [-0.15, -0.1) is 0 Å². The van der Waals surface area contributed by atoms with Gasteiger partial charge >= 0.3 is 5.97 Å². The highest BCUT2D eigenvalue weighted by Crippen LogP contribution is 2.27. The largest absolute Gasteiger partial charge is 0.481 e. The van der Waals surface area contributed by atoms with Crippen molar-refractivity contribution < 1.29 is 14.7 Å². The molecule has 0 bridgehead atoms. The molecule has 114 valence electrons. The van der Waals surface area contributed by atoms with Gasteiger partial charge in [0.15, 0.2) is 0 Å². The molecular formula is C15H25NO3S. The number of carbonyl (C=O) groups is 2. The van der Waals surface area contributed by atoms with Crippen molar-refractivity contribution in [3.8, 4) is 0 Å². The minimum absolute atomic E-state index is 0.0887. The molecule has 0 radical (unpaired) electrons. The van der Waals surface area contributed by atoms with Gasteiger partial charge in [0.05, 0.1) is 12.5 Å². The summed E-state index contributed by atoms with van der Waals surface area (Å²) in [4.78, 5) is 25.6. The minimum Gasteiger partial charge on any atom is -0.481 e. The number of aliphatic carboxylic acids is 1. The zero-order chi connectivity index (χ0) is 14.4. The summed E-state index contributed by atoms with van der Waals surface area (Å²) in [6.45, 7) is 0.720. The average Bonchev–Trinajstić information content (AvgIpc) is 2.37. The van der Waals surface area contributed by atoms with E-state index in [-0.39, 0.29) is 24.3 Å². The Kier molecular flexibility index (Phi) is 6.20. The molecule has 2 fully saturated rings. The van der Waals surface area contributed by atoms with E-state index >= 15 is 0 Å². The molecule has 1 atom stereocenters. The van der Waals surface area contributed by atoms with Crippen molar-refractivity contribution in [1.29, 1.82) is 0 Å². The lowest BCUT2D eigenvalue weighted by Crippen LogP contribution is -2.49. The Balaban J connectivity index is 1.98. The van der Waals surface area contributed by atoms with E-state index < -0.39 is 5.97 Å². The topological polar surface area (TPSA) is 57.6 Å². The van der Waals surface area contributed by atoms with E-state index in [9.17, 15) is 9.59 Å². The molecule has 0 aromatic rings. The fourth-order valence-corrected chi connectivity index (χ4v) is 4.32. The van der Waals surface area contributed by atoms with Crippen molar-refractivity contribution >= 4 is 23.6 Å². The molecule has 2 rings (SSSR count).